The van der Waals surface area contributed by atoms with Crippen LogP contribution in [0.4, 0.5) is 4.79 Å². The minimum atomic E-state index is -0.549. The first-order valence-electron chi connectivity index (χ1n) is 4.22. The third kappa shape index (κ3) is 7.55. The number of hydrogen-bond donors (Lipinski definition) is 1. The van der Waals surface area contributed by atoms with Crippen LogP contribution in [0.3, 0.4) is 0 Å². The number of cyclic esters (lactones) is 2. The number of rotatable bonds is 3. The largest absolute Gasteiger partial charge is 0.508 e. The molecule has 1 aliphatic heterocycles. The summed E-state index contributed by atoms with van der Waals surface area (Å²) in [7, 11) is 0. The van der Waals surface area contributed by atoms with Gasteiger partial charge in [0.1, 0.15) is 12.7 Å². The molecule has 1 heterocycles. The molecule has 0 spiro atoms. The van der Waals surface area contributed by atoms with Crippen molar-refractivity contribution in [1.29, 1.82) is 0 Å². The van der Waals surface area contributed by atoms with E-state index in [0.717, 1.165) is 0 Å². The van der Waals surface area contributed by atoms with Crippen molar-refractivity contribution in [2.45, 2.75) is 20.0 Å². The van der Waals surface area contributed by atoms with Crippen LogP contribution in [0.1, 0.15) is 13.8 Å². The molecule has 1 unspecified atom stereocenters. The van der Waals surface area contributed by atoms with E-state index in [-0.39, 0.29) is 12.7 Å². The van der Waals surface area contributed by atoms with Crippen LogP contribution in [0.2, 0.25) is 0 Å². The van der Waals surface area contributed by atoms with Crippen molar-refractivity contribution < 1.29 is 24.1 Å². The van der Waals surface area contributed by atoms with Gasteiger partial charge in [0.15, 0.2) is 0 Å². The highest BCUT2D eigenvalue weighted by molar-refractivity contribution is 5.61. The fourth-order valence-corrected chi connectivity index (χ4v) is 0.627. The summed E-state index contributed by atoms with van der Waals surface area (Å²) >= 11 is 0. The molecule has 13 heavy (non-hydrogen) atoms. The molecular weight excluding hydrogens is 176 g/mol. The van der Waals surface area contributed by atoms with E-state index in [1.807, 2.05) is 6.92 Å². The molecule has 0 radical (unpaired) electrons. The summed E-state index contributed by atoms with van der Waals surface area (Å²) in [4.78, 5) is 10.0. The molecule has 1 rings (SSSR count). The summed E-state index contributed by atoms with van der Waals surface area (Å²) in [5, 5.41) is 8.07. The van der Waals surface area contributed by atoms with Crippen molar-refractivity contribution in [3.05, 3.63) is 0 Å². The first-order chi connectivity index (χ1) is 6.20. The Morgan fingerprint density at radius 1 is 1.69 bits per heavy atom. The SMILES string of the molecule is CC1COC(=O)O1.CCOCCO. The molecule has 1 N–H and O–H groups in total. The van der Waals surface area contributed by atoms with Gasteiger partial charge in [-0.1, -0.05) is 0 Å². The topological polar surface area (TPSA) is 65.0 Å². The van der Waals surface area contributed by atoms with Gasteiger partial charge in [0.05, 0.1) is 13.2 Å². The maximum absolute atomic E-state index is 10.0. The Kier molecular flexibility index (Phi) is 7.33. The van der Waals surface area contributed by atoms with E-state index >= 15 is 0 Å². The summed E-state index contributed by atoms with van der Waals surface area (Å²) in [5.74, 6) is 0. The molecule has 0 amide bonds. The van der Waals surface area contributed by atoms with E-state index in [1.165, 1.54) is 0 Å². The highest BCUT2D eigenvalue weighted by atomic mass is 16.8. The summed E-state index contributed by atoms with van der Waals surface area (Å²) in [6, 6.07) is 0. The Labute approximate surface area is 77.6 Å². The standard InChI is InChI=1S/C4H6O3.C4H10O2/c1-3-2-6-4(5)7-3;1-2-6-4-3-5/h3H,2H2,1H3;5H,2-4H2,1H3. The van der Waals surface area contributed by atoms with Gasteiger partial charge >= 0.3 is 6.16 Å². The van der Waals surface area contributed by atoms with Crippen molar-refractivity contribution in [1.82, 2.24) is 0 Å². The van der Waals surface area contributed by atoms with Crippen LogP contribution in [-0.2, 0) is 14.2 Å². The minimum Gasteiger partial charge on any atom is -0.430 e. The third-order valence-corrected chi connectivity index (χ3v) is 1.17. The van der Waals surface area contributed by atoms with Gasteiger partial charge in [-0.25, -0.2) is 4.79 Å². The average Bonchev–Trinajstić information content (AvgIpc) is 2.47. The second-order valence-corrected chi connectivity index (χ2v) is 2.41. The van der Waals surface area contributed by atoms with Gasteiger partial charge in [-0.15, -0.1) is 0 Å². The van der Waals surface area contributed by atoms with Gasteiger partial charge < -0.3 is 19.3 Å². The Morgan fingerprint density at radius 2 is 2.38 bits per heavy atom. The van der Waals surface area contributed by atoms with Crippen LogP contribution in [0.25, 0.3) is 0 Å². The molecule has 1 atom stereocenters. The van der Waals surface area contributed by atoms with Crippen molar-refractivity contribution in [3.8, 4) is 0 Å². The van der Waals surface area contributed by atoms with Gasteiger partial charge in [-0.05, 0) is 13.8 Å². The van der Waals surface area contributed by atoms with Crippen LogP contribution < -0.4 is 0 Å². The van der Waals surface area contributed by atoms with Crippen LogP contribution >= 0.6 is 0 Å². The molecule has 0 aromatic heterocycles. The fraction of sp³-hybridized carbons (Fsp3) is 0.875. The second-order valence-electron chi connectivity index (χ2n) is 2.41. The molecular formula is C8H16O5. The maximum atomic E-state index is 10.0. The smallest absolute Gasteiger partial charge is 0.430 e. The van der Waals surface area contributed by atoms with Gasteiger partial charge in [0.2, 0.25) is 0 Å². The number of carbonyl (C=O) groups excluding carboxylic acids is 1. The lowest BCUT2D eigenvalue weighted by molar-refractivity contribution is 0.102. The molecule has 1 saturated heterocycles. The van der Waals surface area contributed by atoms with E-state index in [4.69, 9.17) is 9.84 Å². The molecule has 1 fully saturated rings. The van der Waals surface area contributed by atoms with Gasteiger partial charge in [0, 0.05) is 6.61 Å². The fourth-order valence-electron chi connectivity index (χ4n) is 0.627. The lowest BCUT2D eigenvalue weighted by Gasteiger charge is -1.91. The normalized spacial score (nSPS) is 19.9. The van der Waals surface area contributed by atoms with Gasteiger partial charge in [0.25, 0.3) is 0 Å². The zero-order valence-electron chi connectivity index (χ0n) is 7.99. The van der Waals surface area contributed by atoms with Crippen LogP contribution in [0.15, 0.2) is 0 Å². The third-order valence-electron chi connectivity index (χ3n) is 1.17. The second kappa shape index (κ2) is 7.82. The molecule has 0 aromatic rings. The molecule has 1 aliphatic rings. The predicted octanol–water partition coefficient (Wildman–Crippen LogP) is 0.557. The molecule has 0 bridgehead atoms. The van der Waals surface area contributed by atoms with Gasteiger partial charge in [-0.2, -0.15) is 0 Å². The van der Waals surface area contributed by atoms with Crippen LogP contribution in [-0.4, -0.2) is 43.8 Å². The van der Waals surface area contributed by atoms with E-state index in [2.05, 4.69) is 9.47 Å². The molecule has 0 saturated carbocycles. The summed E-state index contributed by atoms with van der Waals surface area (Å²) in [6.45, 7) is 5.38. The molecule has 0 aromatic carbocycles. The number of ether oxygens (including phenoxy) is 3. The number of aliphatic hydroxyl groups excluding tert-OH is 1. The first kappa shape index (κ1) is 12.2. The zero-order valence-corrected chi connectivity index (χ0v) is 7.99. The zero-order chi connectivity index (χ0) is 10.1. The monoisotopic (exact) mass is 192 g/mol. The van der Waals surface area contributed by atoms with Crippen molar-refractivity contribution in [3.63, 3.8) is 0 Å². The van der Waals surface area contributed by atoms with E-state index < -0.39 is 6.16 Å². The number of carbonyl (C=O) groups is 1. The average molecular weight is 192 g/mol. The first-order valence-corrected chi connectivity index (χ1v) is 4.22. The van der Waals surface area contributed by atoms with Gasteiger partial charge in [-0.3, -0.25) is 0 Å². The Bertz CT molecular complexity index is 132. The van der Waals surface area contributed by atoms with E-state index in [1.54, 1.807) is 6.92 Å². The van der Waals surface area contributed by atoms with Crippen LogP contribution in [0.5, 0.6) is 0 Å². The summed E-state index contributed by atoms with van der Waals surface area (Å²) in [6.07, 6.45) is -0.597. The lowest BCUT2D eigenvalue weighted by Crippen LogP contribution is -2.01. The highest BCUT2D eigenvalue weighted by Crippen LogP contribution is 2.02. The molecule has 0 aliphatic carbocycles. The molecule has 78 valence electrons. The Hall–Kier alpha value is -0.810. The van der Waals surface area contributed by atoms with Crippen molar-refractivity contribution in [2.24, 2.45) is 0 Å². The Morgan fingerprint density at radius 3 is 2.54 bits per heavy atom. The number of hydrogen-bond acceptors (Lipinski definition) is 5. The Balaban J connectivity index is 0.000000226. The minimum absolute atomic E-state index is 0.0486. The summed E-state index contributed by atoms with van der Waals surface area (Å²) in [5.41, 5.74) is 0. The molecule has 5 heteroatoms. The maximum Gasteiger partial charge on any atom is 0.508 e. The summed E-state index contributed by atoms with van der Waals surface area (Å²) < 4.78 is 13.6. The van der Waals surface area contributed by atoms with Crippen molar-refractivity contribution in [2.75, 3.05) is 26.4 Å². The van der Waals surface area contributed by atoms with E-state index in [0.29, 0.717) is 19.8 Å². The quantitative estimate of drug-likeness (QED) is 0.522. The van der Waals surface area contributed by atoms with Crippen molar-refractivity contribution >= 4 is 6.16 Å². The van der Waals surface area contributed by atoms with E-state index in [9.17, 15) is 4.79 Å². The molecule has 5 nitrogen and oxygen atoms in total. The highest BCUT2D eigenvalue weighted by Gasteiger charge is 2.19. The predicted molar refractivity (Wildman–Crippen MR) is 45.5 cm³/mol. The lowest BCUT2D eigenvalue weighted by atomic mass is 10.5. The van der Waals surface area contributed by atoms with Crippen LogP contribution in [0, 0.1) is 0 Å². The number of aliphatic hydroxyl groups is 1.